The van der Waals surface area contributed by atoms with Crippen LogP contribution in [-0.2, 0) is 17.6 Å². The zero-order valence-electron chi connectivity index (χ0n) is 27.5. The Balaban J connectivity index is 2.62. The number of aryl methyl sites for hydroxylation is 2. The third-order valence-corrected chi connectivity index (χ3v) is 8.69. The fourth-order valence-corrected chi connectivity index (χ4v) is 5.89. The molecule has 2 rings (SSSR count). The molecule has 0 bridgehead atoms. The van der Waals surface area contributed by atoms with Crippen molar-refractivity contribution < 1.29 is 35.4 Å². The Morgan fingerprint density at radius 3 is 2.49 bits per heavy atom. The number of carbonyl (C=O) groups is 1. The van der Waals surface area contributed by atoms with E-state index in [4.69, 9.17) is 5.11 Å². The van der Waals surface area contributed by atoms with Gasteiger partial charge >= 0.3 is 5.97 Å². The van der Waals surface area contributed by atoms with Gasteiger partial charge in [0.1, 0.15) is 0 Å². The first-order chi connectivity index (χ1) is 21.6. The van der Waals surface area contributed by atoms with Gasteiger partial charge in [0.2, 0.25) is 0 Å². The van der Waals surface area contributed by atoms with E-state index in [1.54, 1.807) is 13.0 Å². The Bertz CT molecular complexity index is 1150. The standard InChI is InChI=1S/C37H57NO7/c1-4-6-18-35(42)36(43)23-22-29-21-20-28-14-11-13-27(5-2)31(28)15-12-17-33(26(3)40)38-34(32(29)24-30(41)25-39)16-9-7-8-10-19-37(44)45/h11,13-14,22-23,26,30,33-36,38-43H,4-10,16-21,24-25H2,1-3H3,(H,44,45). The molecule has 0 radical (unpaired) electrons. The second-order valence-electron chi connectivity index (χ2n) is 12.4. The number of benzene rings is 1. The maximum Gasteiger partial charge on any atom is 0.303 e. The van der Waals surface area contributed by atoms with Gasteiger partial charge in [-0.2, -0.15) is 0 Å². The number of fused-ring (bicyclic) bond motifs is 1. The number of allylic oxidation sites excluding steroid dienone is 2. The number of hydrogen-bond acceptors (Lipinski definition) is 7. The molecule has 0 aliphatic carbocycles. The highest BCUT2D eigenvalue weighted by Gasteiger charge is 2.26. The van der Waals surface area contributed by atoms with Gasteiger partial charge in [-0.15, -0.1) is 0 Å². The largest absolute Gasteiger partial charge is 0.481 e. The van der Waals surface area contributed by atoms with Crippen molar-refractivity contribution in [3.05, 3.63) is 58.2 Å². The number of aliphatic hydroxyl groups is 5. The van der Waals surface area contributed by atoms with Crippen LogP contribution in [0.2, 0.25) is 0 Å². The van der Waals surface area contributed by atoms with E-state index in [1.165, 1.54) is 0 Å². The molecule has 8 heteroatoms. The molecule has 0 spiro atoms. The van der Waals surface area contributed by atoms with E-state index in [9.17, 15) is 30.3 Å². The minimum atomic E-state index is -1.05. The first kappa shape index (κ1) is 38.7. The molecule has 1 aromatic carbocycles. The van der Waals surface area contributed by atoms with Crippen molar-refractivity contribution in [2.24, 2.45) is 0 Å². The molecule has 6 unspecified atom stereocenters. The summed E-state index contributed by atoms with van der Waals surface area (Å²) in [4.78, 5) is 11.0. The molecule has 1 aliphatic heterocycles. The zero-order chi connectivity index (χ0) is 33.2. The van der Waals surface area contributed by atoms with Crippen LogP contribution < -0.4 is 5.32 Å². The third-order valence-electron chi connectivity index (χ3n) is 8.69. The fourth-order valence-electron chi connectivity index (χ4n) is 5.89. The van der Waals surface area contributed by atoms with Gasteiger partial charge in [0.25, 0.3) is 0 Å². The second-order valence-corrected chi connectivity index (χ2v) is 12.4. The Labute approximate surface area is 270 Å². The predicted octanol–water partition coefficient (Wildman–Crippen LogP) is 4.58. The van der Waals surface area contributed by atoms with Crippen LogP contribution in [0.25, 0.3) is 0 Å². The van der Waals surface area contributed by atoms with Gasteiger partial charge < -0.3 is 36.0 Å². The lowest BCUT2D eigenvalue weighted by molar-refractivity contribution is -0.137. The Morgan fingerprint density at radius 2 is 1.82 bits per heavy atom. The maximum absolute atomic E-state index is 11.0. The van der Waals surface area contributed by atoms with Gasteiger partial charge in [0.15, 0.2) is 0 Å². The van der Waals surface area contributed by atoms with Crippen molar-refractivity contribution in [2.45, 2.75) is 147 Å². The summed E-state index contributed by atoms with van der Waals surface area (Å²) in [6.45, 7) is 5.47. The molecule has 0 saturated heterocycles. The van der Waals surface area contributed by atoms with Crippen LogP contribution >= 0.6 is 0 Å². The van der Waals surface area contributed by atoms with Crippen LogP contribution in [0.15, 0.2) is 41.5 Å². The van der Waals surface area contributed by atoms with Gasteiger partial charge in [0, 0.05) is 30.5 Å². The molecule has 0 saturated carbocycles. The van der Waals surface area contributed by atoms with Crippen molar-refractivity contribution in [1.82, 2.24) is 5.32 Å². The topological polar surface area (TPSA) is 150 Å². The summed E-state index contributed by atoms with van der Waals surface area (Å²) in [5.74, 6) is 5.92. The molecule has 252 valence electrons. The van der Waals surface area contributed by atoms with Crippen LogP contribution in [0.5, 0.6) is 0 Å². The average molecular weight is 628 g/mol. The number of carboxylic acid groups (broad SMARTS) is 1. The summed E-state index contributed by atoms with van der Waals surface area (Å²) in [5.41, 5.74) is 5.05. The summed E-state index contributed by atoms with van der Waals surface area (Å²) in [5, 5.41) is 65.4. The average Bonchev–Trinajstić information content (AvgIpc) is 3.02. The van der Waals surface area contributed by atoms with Crippen LogP contribution in [0, 0.1) is 11.8 Å². The van der Waals surface area contributed by atoms with Crippen LogP contribution in [0.1, 0.15) is 115 Å². The van der Waals surface area contributed by atoms with Crippen LogP contribution in [0.3, 0.4) is 0 Å². The maximum atomic E-state index is 11.0. The number of rotatable bonds is 18. The van der Waals surface area contributed by atoms with Crippen molar-refractivity contribution >= 4 is 5.97 Å². The molecule has 6 atom stereocenters. The molecule has 1 aliphatic rings. The third kappa shape index (κ3) is 13.8. The lowest BCUT2D eigenvalue weighted by Gasteiger charge is -2.31. The van der Waals surface area contributed by atoms with E-state index in [-0.39, 0.29) is 24.9 Å². The number of aliphatic hydroxyl groups excluding tert-OH is 5. The van der Waals surface area contributed by atoms with E-state index < -0.39 is 37.0 Å². The van der Waals surface area contributed by atoms with Gasteiger partial charge in [-0.1, -0.05) is 88.1 Å². The summed E-state index contributed by atoms with van der Waals surface area (Å²) in [6.07, 6.45) is 8.59. The number of hydrogen-bond donors (Lipinski definition) is 7. The molecule has 0 aromatic heterocycles. The molecule has 0 amide bonds. The Hall–Kier alpha value is -2.51. The quantitative estimate of drug-likeness (QED) is 0.0924. The minimum absolute atomic E-state index is 0.140. The van der Waals surface area contributed by atoms with E-state index in [0.717, 1.165) is 66.4 Å². The SMILES string of the molecule is CCCCC(O)C(O)C=CC1=C(CC(O)CO)C(CCCCCCC(=O)O)NC(C(C)O)CC#Cc2c(CC)cccc2CC1. The van der Waals surface area contributed by atoms with Crippen molar-refractivity contribution in [3.8, 4) is 11.8 Å². The van der Waals surface area contributed by atoms with E-state index >= 15 is 0 Å². The molecule has 8 nitrogen and oxygen atoms in total. The summed E-state index contributed by atoms with van der Waals surface area (Å²) in [6, 6.07) is 5.58. The smallest absolute Gasteiger partial charge is 0.303 e. The molecule has 1 heterocycles. The van der Waals surface area contributed by atoms with Crippen molar-refractivity contribution in [1.29, 1.82) is 0 Å². The van der Waals surface area contributed by atoms with Crippen molar-refractivity contribution in [2.75, 3.05) is 6.61 Å². The molecule has 0 fully saturated rings. The normalized spacial score (nSPS) is 20.4. The van der Waals surface area contributed by atoms with Gasteiger partial charge in [0.05, 0.1) is 31.0 Å². The highest BCUT2D eigenvalue weighted by molar-refractivity contribution is 5.66. The second kappa shape index (κ2) is 21.3. The number of aliphatic carboxylic acids is 1. The van der Waals surface area contributed by atoms with E-state index in [1.807, 2.05) is 19.1 Å². The summed E-state index contributed by atoms with van der Waals surface area (Å²) < 4.78 is 0. The molecular weight excluding hydrogens is 570 g/mol. The molecule has 1 aromatic rings. The Kier molecular flexibility index (Phi) is 18.3. The van der Waals surface area contributed by atoms with Crippen LogP contribution in [-0.4, -0.2) is 79.7 Å². The van der Waals surface area contributed by atoms with Gasteiger partial charge in [-0.3, -0.25) is 4.79 Å². The van der Waals surface area contributed by atoms with Gasteiger partial charge in [-0.05, 0) is 74.1 Å². The van der Waals surface area contributed by atoms with E-state index in [2.05, 4.69) is 36.2 Å². The fraction of sp³-hybridized carbons (Fsp3) is 0.649. The Morgan fingerprint density at radius 1 is 1.07 bits per heavy atom. The first-order valence-electron chi connectivity index (χ1n) is 16.9. The number of carboxylic acids is 1. The van der Waals surface area contributed by atoms with Crippen LogP contribution in [0.4, 0.5) is 0 Å². The lowest BCUT2D eigenvalue weighted by Crippen LogP contribution is -2.46. The summed E-state index contributed by atoms with van der Waals surface area (Å²) in [7, 11) is 0. The predicted molar refractivity (Wildman–Crippen MR) is 179 cm³/mol. The number of nitrogens with one attached hydrogen (secondary N) is 1. The zero-order valence-corrected chi connectivity index (χ0v) is 27.5. The molecule has 45 heavy (non-hydrogen) atoms. The summed E-state index contributed by atoms with van der Waals surface area (Å²) >= 11 is 0. The van der Waals surface area contributed by atoms with Gasteiger partial charge in [-0.25, -0.2) is 0 Å². The monoisotopic (exact) mass is 627 g/mol. The molecule has 7 N–H and O–H groups in total. The highest BCUT2D eigenvalue weighted by Crippen LogP contribution is 2.28. The van der Waals surface area contributed by atoms with E-state index in [0.29, 0.717) is 38.5 Å². The lowest BCUT2D eigenvalue weighted by atomic mass is 9.86. The number of unbranched alkanes of at least 4 members (excludes halogenated alkanes) is 4. The minimum Gasteiger partial charge on any atom is -0.481 e. The highest BCUT2D eigenvalue weighted by atomic mass is 16.4. The molecular formula is C37H57NO7. The van der Waals surface area contributed by atoms with Crippen molar-refractivity contribution in [3.63, 3.8) is 0 Å². The first-order valence-corrected chi connectivity index (χ1v) is 16.9.